The molecular formula is C67H84N8O16S2. The average Bonchev–Trinajstić information content (AvgIpc) is 1.58. The Morgan fingerprint density at radius 2 is 0.849 bits per heavy atom. The Morgan fingerprint density at radius 3 is 1.22 bits per heavy atom. The summed E-state index contributed by atoms with van der Waals surface area (Å²) in [4.78, 5) is 114. The standard InChI is InChI=1S/C36H46N4O9S.C31H38N4O7S/c1-5-26-23-36(26,38-31(44)35(39-33(46)49-34(2,3)4)21-24-15-11-12-16-25(24)22-35)32(45)40-50(47,48)28-18-14-13-17-27(28)37-29(41)19-9-7-6-8-10-20-30(42)43;1-2-23-20-31(23,34-28(39)30(32)18-21-12-8-9-13-22(21)19-30)29(40)35-43(41,42)25-15-11-10-14-24(25)33-26(36)16-6-4-3-5-7-17-27(37)38/h5,11-18,26H,1,6-10,19-23H2,2-4H3,(H,37,41)(H,38,44)(H,39,46)(H,40,45)(H,42,43);2,8-15,23H,1,3-7,16-20,32H2,(H,33,36)(H,34,39)(H,35,40)(H,37,38)/t26-,36-;23-,31-/m11/s1. The van der Waals surface area contributed by atoms with Crippen molar-refractivity contribution in [2.45, 2.75) is 187 Å². The summed E-state index contributed by atoms with van der Waals surface area (Å²) in [5, 5.41) is 30.9. The molecule has 7 amide bonds. The van der Waals surface area contributed by atoms with Gasteiger partial charge >= 0.3 is 18.0 Å². The number of hydrogen-bond acceptors (Lipinski definition) is 15. The highest BCUT2D eigenvalue weighted by atomic mass is 32.2. The number of amides is 7. The first kappa shape index (κ1) is 71.7. The van der Waals surface area contributed by atoms with Crippen LogP contribution in [0.15, 0.2) is 132 Å². The molecule has 500 valence electrons. The van der Waals surface area contributed by atoms with E-state index in [1.54, 1.807) is 32.9 Å². The Bertz CT molecular complexity index is 3710. The number of anilines is 2. The first-order valence-corrected chi connectivity index (χ1v) is 34.1. The van der Waals surface area contributed by atoms with Gasteiger partial charge in [-0.2, -0.15) is 0 Å². The van der Waals surface area contributed by atoms with Crippen LogP contribution >= 0.6 is 0 Å². The average molecular weight is 1320 g/mol. The van der Waals surface area contributed by atoms with Crippen LogP contribution in [0.1, 0.15) is 146 Å². The summed E-state index contributed by atoms with van der Waals surface area (Å²) in [7, 11) is -8.99. The van der Waals surface area contributed by atoms with Crippen molar-refractivity contribution < 1.29 is 74.9 Å². The number of fused-ring (bicyclic) bond motifs is 2. The van der Waals surface area contributed by atoms with E-state index in [-0.39, 0.29) is 78.4 Å². The fourth-order valence-corrected chi connectivity index (χ4v) is 14.1. The van der Waals surface area contributed by atoms with Crippen LogP contribution in [0.5, 0.6) is 0 Å². The zero-order valence-corrected chi connectivity index (χ0v) is 54.2. The number of nitrogens with one attached hydrogen (secondary N) is 7. The molecule has 4 aromatic rings. The van der Waals surface area contributed by atoms with Gasteiger partial charge < -0.3 is 47.3 Å². The molecular weight excluding hydrogens is 1240 g/mol. The number of hydrogen-bond donors (Lipinski definition) is 10. The van der Waals surface area contributed by atoms with Crippen LogP contribution < -0.4 is 41.8 Å². The van der Waals surface area contributed by atoms with E-state index in [1.165, 1.54) is 48.6 Å². The number of nitrogens with two attached hydrogens (primary N) is 1. The number of sulfonamides is 2. The molecule has 0 saturated heterocycles. The van der Waals surface area contributed by atoms with Crippen LogP contribution in [-0.4, -0.2) is 108 Å². The van der Waals surface area contributed by atoms with Gasteiger partial charge in [-0.3, -0.25) is 38.4 Å². The van der Waals surface area contributed by atoms with Gasteiger partial charge in [-0.05, 0) is 119 Å². The second-order valence-electron chi connectivity index (χ2n) is 25.3. The lowest BCUT2D eigenvalue weighted by atomic mass is 9.93. The molecule has 8 rings (SSSR count). The number of rotatable bonds is 31. The van der Waals surface area contributed by atoms with Gasteiger partial charge in [-0.1, -0.05) is 123 Å². The maximum atomic E-state index is 14.1. The molecule has 24 nitrogen and oxygen atoms in total. The molecule has 4 aromatic carbocycles. The van der Waals surface area contributed by atoms with Crippen molar-refractivity contribution in [3.63, 3.8) is 0 Å². The maximum absolute atomic E-state index is 14.1. The second kappa shape index (κ2) is 30.3. The van der Waals surface area contributed by atoms with Gasteiger partial charge in [-0.25, -0.2) is 31.1 Å². The molecule has 26 heteroatoms. The van der Waals surface area contributed by atoms with E-state index in [0.29, 0.717) is 44.9 Å². The third-order valence-corrected chi connectivity index (χ3v) is 19.7. The van der Waals surface area contributed by atoms with E-state index in [0.717, 1.165) is 54.4 Å². The van der Waals surface area contributed by atoms with E-state index in [1.807, 2.05) is 48.5 Å². The third-order valence-electron chi connectivity index (χ3n) is 16.9. The zero-order chi connectivity index (χ0) is 68.0. The normalized spacial score (nSPS) is 19.4. The summed E-state index contributed by atoms with van der Waals surface area (Å²) in [6, 6.07) is 26.3. The number of carbonyl (C=O) groups is 9. The Morgan fingerprint density at radius 1 is 0.505 bits per heavy atom. The summed E-state index contributed by atoms with van der Waals surface area (Å²) in [5.74, 6) is -6.67. The number of ether oxygens (including phenoxy) is 1. The molecule has 0 aromatic heterocycles. The highest BCUT2D eigenvalue weighted by molar-refractivity contribution is 7.90. The fraction of sp³-hybridized carbons (Fsp3) is 0.448. The monoisotopic (exact) mass is 1320 g/mol. The number of alkyl carbamates (subject to hydrolysis) is 1. The van der Waals surface area contributed by atoms with Crippen molar-refractivity contribution in [1.29, 1.82) is 0 Å². The van der Waals surface area contributed by atoms with Crippen molar-refractivity contribution in [1.82, 2.24) is 25.4 Å². The molecule has 0 bridgehead atoms. The zero-order valence-electron chi connectivity index (χ0n) is 52.6. The van der Waals surface area contributed by atoms with Crippen molar-refractivity contribution in [3.8, 4) is 0 Å². The molecule has 0 radical (unpaired) electrons. The Labute approximate surface area is 542 Å². The molecule has 4 atom stereocenters. The van der Waals surface area contributed by atoms with Crippen LogP contribution in [0.4, 0.5) is 16.2 Å². The molecule has 2 saturated carbocycles. The van der Waals surface area contributed by atoms with Crippen LogP contribution in [0.2, 0.25) is 0 Å². The number of carbonyl (C=O) groups excluding carboxylic acids is 7. The van der Waals surface area contributed by atoms with E-state index >= 15 is 0 Å². The minimum atomic E-state index is -4.54. The molecule has 0 aliphatic heterocycles. The number of unbranched alkanes of at least 4 members (excludes halogenated alkanes) is 8. The summed E-state index contributed by atoms with van der Waals surface area (Å²) in [5.41, 5.74) is 3.26. The lowest BCUT2D eigenvalue weighted by Gasteiger charge is -2.32. The Balaban J connectivity index is 0.000000266. The highest BCUT2D eigenvalue weighted by Gasteiger charge is 2.64. The molecule has 0 heterocycles. The topological polar surface area (TPSA) is 382 Å². The Kier molecular flexibility index (Phi) is 23.4. The Hall–Kier alpha value is -8.75. The van der Waals surface area contributed by atoms with Crippen LogP contribution in [0.25, 0.3) is 0 Å². The van der Waals surface area contributed by atoms with Gasteiger partial charge in [0.25, 0.3) is 31.9 Å². The van der Waals surface area contributed by atoms with Gasteiger partial charge in [0, 0.05) is 50.4 Å². The minimum absolute atomic E-state index is 0.0161. The number of para-hydroxylation sites is 2. The van der Waals surface area contributed by atoms with Gasteiger partial charge in [-0.15, -0.1) is 13.2 Å². The number of benzene rings is 4. The number of carboxylic acids is 2. The molecule has 2 fully saturated rings. The van der Waals surface area contributed by atoms with Crippen molar-refractivity contribution >= 4 is 84.9 Å². The summed E-state index contributed by atoms with van der Waals surface area (Å²) in [6.07, 6.45) is 10.5. The fourth-order valence-electron chi connectivity index (χ4n) is 11.7. The summed E-state index contributed by atoms with van der Waals surface area (Å²) >= 11 is 0. The van der Waals surface area contributed by atoms with Crippen molar-refractivity contribution in [2.24, 2.45) is 17.6 Å². The quantitative estimate of drug-likeness (QED) is 0.0176. The van der Waals surface area contributed by atoms with Crippen LogP contribution in [0, 0.1) is 11.8 Å². The molecule has 0 spiro atoms. The SMILES string of the molecule is C=C[C@@H]1C[C@]1(NC(=O)C1(N)Cc2ccccc2C1)C(=O)NS(=O)(=O)c1ccccc1NC(=O)CCCCCCCC(=O)O.C=C[C@@H]1C[C@]1(NC(=O)C1(NC(=O)OC(C)(C)C)Cc2ccccc2C1)C(=O)NS(=O)(=O)c1ccccc1NC(=O)CCCCCCCC(=O)O. The van der Waals surface area contributed by atoms with Gasteiger partial charge in [0.15, 0.2) is 0 Å². The highest BCUT2D eigenvalue weighted by Crippen LogP contribution is 2.47. The van der Waals surface area contributed by atoms with Gasteiger partial charge in [0.1, 0.15) is 37.5 Å². The smallest absolute Gasteiger partial charge is 0.408 e. The van der Waals surface area contributed by atoms with E-state index in [2.05, 4.69) is 49.2 Å². The summed E-state index contributed by atoms with van der Waals surface area (Å²) < 4.78 is 63.7. The molecule has 11 N–H and O–H groups in total. The van der Waals surface area contributed by atoms with Gasteiger partial charge in [0.2, 0.25) is 23.6 Å². The second-order valence-corrected chi connectivity index (χ2v) is 28.6. The molecule has 93 heavy (non-hydrogen) atoms. The van der Waals surface area contributed by atoms with Crippen molar-refractivity contribution in [2.75, 3.05) is 10.6 Å². The van der Waals surface area contributed by atoms with Crippen molar-refractivity contribution in [3.05, 3.63) is 145 Å². The summed E-state index contributed by atoms with van der Waals surface area (Å²) in [6.45, 7) is 12.6. The molecule has 4 aliphatic rings. The number of carboxylic acid groups (broad SMARTS) is 2. The van der Waals surface area contributed by atoms with Gasteiger partial charge in [0.05, 0.1) is 11.4 Å². The van der Waals surface area contributed by atoms with E-state index in [4.69, 9.17) is 20.7 Å². The minimum Gasteiger partial charge on any atom is -0.481 e. The first-order valence-electron chi connectivity index (χ1n) is 31.1. The van der Waals surface area contributed by atoms with Crippen LogP contribution in [0.3, 0.4) is 0 Å². The molecule has 4 aliphatic carbocycles. The largest absolute Gasteiger partial charge is 0.481 e. The predicted octanol–water partition coefficient (Wildman–Crippen LogP) is 7.17. The number of aliphatic carboxylic acids is 2. The first-order chi connectivity index (χ1) is 43.9. The lowest BCUT2D eigenvalue weighted by molar-refractivity contribution is -0.138. The maximum Gasteiger partial charge on any atom is 0.408 e. The van der Waals surface area contributed by atoms with E-state index in [9.17, 15) is 60.0 Å². The lowest BCUT2D eigenvalue weighted by Crippen LogP contribution is -2.64. The third kappa shape index (κ3) is 18.7. The predicted molar refractivity (Wildman–Crippen MR) is 346 cm³/mol. The van der Waals surface area contributed by atoms with Crippen LogP contribution in [-0.2, 0) is 88.8 Å². The van der Waals surface area contributed by atoms with E-state index < -0.39 is 107 Å². The molecule has 0 unspecified atom stereocenters.